The summed E-state index contributed by atoms with van der Waals surface area (Å²) in [6.07, 6.45) is 19.7. The molecule has 0 aliphatic rings. The zero-order valence-corrected chi connectivity index (χ0v) is 24.9. The van der Waals surface area contributed by atoms with E-state index >= 15 is 0 Å². The van der Waals surface area contributed by atoms with E-state index in [4.69, 9.17) is 14.2 Å². The molecule has 0 spiro atoms. The number of ether oxygens (including phenoxy) is 3. The SMILES string of the molecule is CCCCCCCCCCCCCCC(OC(C)C)C(OC(C)C)C(COC(C)C)CC(C)C. The lowest BCUT2D eigenvalue weighted by Gasteiger charge is -2.37. The fraction of sp³-hybridized carbons (Fsp3) is 1.00. The number of hydrogen-bond donors (Lipinski definition) is 0. The largest absolute Gasteiger partial charge is 0.378 e. The topological polar surface area (TPSA) is 27.7 Å². The van der Waals surface area contributed by atoms with Gasteiger partial charge in [-0.2, -0.15) is 0 Å². The summed E-state index contributed by atoms with van der Waals surface area (Å²) in [4.78, 5) is 0. The Morgan fingerprint density at radius 1 is 0.529 bits per heavy atom. The average molecular weight is 485 g/mol. The summed E-state index contributed by atoms with van der Waals surface area (Å²) >= 11 is 0. The fourth-order valence-electron chi connectivity index (χ4n) is 4.88. The van der Waals surface area contributed by atoms with Crippen LogP contribution >= 0.6 is 0 Å². The Balaban J connectivity index is 4.66. The molecule has 0 N–H and O–H groups in total. The van der Waals surface area contributed by atoms with E-state index in [1.165, 1.54) is 77.0 Å². The van der Waals surface area contributed by atoms with Crippen LogP contribution in [0.4, 0.5) is 0 Å². The standard InChI is InChI=1S/C31H64O3/c1-10-11-12-13-14-15-16-17-18-19-20-21-22-30(33-27(6)7)31(34-28(8)9)29(23-25(2)3)24-32-26(4)5/h25-31H,10-24H2,1-9H3. The predicted molar refractivity (Wildman–Crippen MR) is 150 cm³/mol. The van der Waals surface area contributed by atoms with Gasteiger partial charge in [0.2, 0.25) is 0 Å². The first-order valence-corrected chi connectivity index (χ1v) is 15.1. The van der Waals surface area contributed by atoms with Gasteiger partial charge in [-0.05, 0) is 60.3 Å². The van der Waals surface area contributed by atoms with E-state index in [0.29, 0.717) is 11.8 Å². The molecule has 0 saturated heterocycles. The van der Waals surface area contributed by atoms with Gasteiger partial charge in [0.1, 0.15) is 0 Å². The average Bonchev–Trinajstić information content (AvgIpc) is 2.74. The van der Waals surface area contributed by atoms with Gasteiger partial charge in [0.25, 0.3) is 0 Å². The Labute approximate surface area is 215 Å². The van der Waals surface area contributed by atoms with Crippen molar-refractivity contribution in [2.75, 3.05) is 6.61 Å². The summed E-state index contributed by atoms with van der Waals surface area (Å²) in [5.74, 6) is 0.983. The predicted octanol–water partition coefficient (Wildman–Crippen LogP) is 9.75. The Morgan fingerprint density at radius 3 is 1.41 bits per heavy atom. The minimum atomic E-state index is 0.0938. The van der Waals surface area contributed by atoms with E-state index in [0.717, 1.165) is 19.4 Å². The van der Waals surface area contributed by atoms with Gasteiger partial charge in [0, 0.05) is 5.92 Å². The zero-order chi connectivity index (χ0) is 25.8. The molecule has 206 valence electrons. The van der Waals surface area contributed by atoms with Crippen molar-refractivity contribution in [3.05, 3.63) is 0 Å². The quantitative estimate of drug-likeness (QED) is 0.128. The van der Waals surface area contributed by atoms with E-state index in [2.05, 4.69) is 62.3 Å². The van der Waals surface area contributed by atoms with Crippen LogP contribution in [0.3, 0.4) is 0 Å². The molecule has 0 fully saturated rings. The number of rotatable bonds is 24. The molecule has 3 nitrogen and oxygen atoms in total. The molecule has 0 saturated carbocycles. The third kappa shape index (κ3) is 20.1. The van der Waals surface area contributed by atoms with Crippen molar-refractivity contribution in [1.82, 2.24) is 0 Å². The van der Waals surface area contributed by atoms with Gasteiger partial charge in [0.05, 0.1) is 37.1 Å². The minimum Gasteiger partial charge on any atom is -0.378 e. The molecule has 0 aliphatic carbocycles. The lowest BCUT2D eigenvalue weighted by molar-refractivity contribution is -0.148. The fourth-order valence-corrected chi connectivity index (χ4v) is 4.88. The molecule has 0 radical (unpaired) electrons. The van der Waals surface area contributed by atoms with Crippen molar-refractivity contribution in [2.45, 2.75) is 183 Å². The van der Waals surface area contributed by atoms with Crippen molar-refractivity contribution in [1.29, 1.82) is 0 Å². The zero-order valence-electron chi connectivity index (χ0n) is 24.9. The van der Waals surface area contributed by atoms with Gasteiger partial charge in [-0.15, -0.1) is 0 Å². The molecule has 0 heterocycles. The summed E-state index contributed by atoms with van der Waals surface area (Å²) in [6, 6.07) is 0. The van der Waals surface area contributed by atoms with E-state index in [1.54, 1.807) is 0 Å². The van der Waals surface area contributed by atoms with Crippen LogP contribution in [-0.2, 0) is 14.2 Å². The summed E-state index contributed by atoms with van der Waals surface area (Å²) in [5, 5.41) is 0. The Morgan fingerprint density at radius 2 is 1.00 bits per heavy atom. The van der Waals surface area contributed by atoms with Gasteiger partial charge in [0.15, 0.2) is 0 Å². The summed E-state index contributed by atoms with van der Waals surface area (Å²) in [6.45, 7) is 20.5. The van der Waals surface area contributed by atoms with Crippen LogP contribution in [0.25, 0.3) is 0 Å². The van der Waals surface area contributed by atoms with Gasteiger partial charge in [-0.25, -0.2) is 0 Å². The van der Waals surface area contributed by atoms with Crippen LogP contribution in [0.2, 0.25) is 0 Å². The monoisotopic (exact) mass is 484 g/mol. The van der Waals surface area contributed by atoms with E-state index in [-0.39, 0.29) is 30.5 Å². The maximum atomic E-state index is 6.56. The molecule has 0 aliphatic heterocycles. The molecule has 0 rings (SSSR count). The van der Waals surface area contributed by atoms with Gasteiger partial charge in [-0.1, -0.05) is 97.8 Å². The van der Waals surface area contributed by atoms with Crippen molar-refractivity contribution >= 4 is 0 Å². The summed E-state index contributed by atoms with van der Waals surface area (Å²) in [5.41, 5.74) is 0. The first kappa shape index (κ1) is 33.9. The Bertz CT molecular complexity index is 419. The van der Waals surface area contributed by atoms with Crippen molar-refractivity contribution < 1.29 is 14.2 Å². The van der Waals surface area contributed by atoms with Crippen molar-refractivity contribution in [3.8, 4) is 0 Å². The highest BCUT2D eigenvalue weighted by molar-refractivity contribution is 4.82. The normalized spacial score (nSPS) is 15.1. The van der Waals surface area contributed by atoms with Gasteiger partial charge < -0.3 is 14.2 Å². The smallest absolute Gasteiger partial charge is 0.0890 e. The van der Waals surface area contributed by atoms with E-state index in [9.17, 15) is 0 Å². The van der Waals surface area contributed by atoms with Crippen LogP contribution in [0.5, 0.6) is 0 Å². The molecular formula is C31H64O3. The minimum absolute atomic E-state index is 0.0938. The van der Waals surface area contributed by atoms with Crippen LogP contribution in [-0.4, -0.2) is 37.1 Å². The molecule has 3 heteroatoms. The Hall–Kier alpha value is -0.120. The maximum absolute atomic E-state index is 6.56. The second-order valence-electron chi connectivity index (χ2n) is 11.8. The molecule has 3 atom stereocenters. The second-order valence-corrected chi connectivity index (χ2v) is 11.8. The molecule has 0 bridgehead atoms. The molecule has 0 aromatic carbocycles. The third-order valence-corrected chi connectivity index (χ3v) is 6.47. The van der Waals surface area contributed by atoms with Gasteiger partial charge in [-0.3, -0.25) is 0 Å². The van der Waals surface area contributed by atoms with Crippen molar-refractivity contribution in [3.63, 3.8) is 0 Å². The van der Waals surface area contributed by atoms with Crippen LogP contribution in [0.15, 0.2) is 0 Å². The summed E-state index contributed by atoms with van der Waals surface area (Å²) < 4.78 is 19.2. The molecule has 0 amide bonds. The molecule has 3 unspecified atom stereocenters. The highest BCUT2D eigenvalue weighted by Crippen LogP contribution is 2.28. The molecule has 0 aromatic rings. The first-order valence-electron chi connectivity index (χ1n) is 15.1. The molecular weight excluding hydrogens is 420 g/mol. The number of unbranched alkanes of at least 4 members (excludes halogenated alkanes) is 11. The third-order valence-electron chi connectivity index (χ3n) is 6.47. The Kier molecular flexibility index (Phi) is 22.0. The van der Waals surface area contributed by atoms with E-state index in [1.807, 2.05) is 0 Å². The highest BCUT2D eigenvalue weighted by Gasteiger charge is 2.33. The second kappa shape index (κ2) is 22.1. The summed E-state index contributed by atoms with van der Waals surface area (Å²) in [7, 11) is 0. The van der Waals surface area contributed by atoms with Gasteiger partial charge >= 0.3 is 0 Å². The maximum Gasteiger partial charge on any atom is 0.0890 e. The first-order chi connectivity index (χ1) is 16.2. The van der Waals surface area contributed by atoms with Crippen LogP contribution in [0.1, 0.15) is 152 Å². The highest BCUT2D eigenvalue weighted by atomic mass is 16.6. The van der Waals surface area contributed by atoms with Crippen molar-refractivity contribution in [2.24, 2.45) is 11.8 Å². The molecule has 34 heavy (non-hydrogen) atoms. The lowest BCUT2D eigenvalue weighted by atomic mass is 9.87. The number of hydrogen-bond acceptors (Lipinski definition) is 3. The van der Waals surface area contributed by atoms with Crippen LogP contribution < -0.4 is 0 Å². The molecule has 0 aromatic heterocycles. The van der Waals surface area contributed by atoms with E-state index < -0.39 is 0 Å². The lowest BCUT2D eigenvalue weighted by Crippen LogP contribution is -2.43. The van der Waals surface area contributed by atoms with Crippen LogP contribution in [0, 0.1) is 11.8 Å².